The minimum absolute atomic E-state index is 0.220. The van der Waals surface area contributed by atoms with Crippen molar-refractivity contribution in [1.29, 1.82) is 0 Å². The van der Waals surface area contributed by atoms with Crippen molar-refractivity contribution in [2.24, 2.45) is 17.8 Å². The highest BCUT2D eigenvalue weighted by molar-refractivity contribution is 5.84. The van der Waals surface area contributed by atoms with Crippen LogP contribution in [0.2, 0.25) is 0 Å². The number of aromatic nitrogens is 1. The van der Waals surface area contributed by atoms with E-state index < -0.39 is 6.10 Å². The minimum Gasteiger partial charge on any atom is -0.494 e. The normalized spacial score (nSPS) is 28.0. The molecule has 2 bridgehead atoms. The molecule has 1 aromatic carbocycles. The molecule has 4 heteroatoms. The molecule has 0 amide bonds. The van der Waals surface area contributed by atoms with Crippen LogP contribution in [0.1, 0.15) is 58.1 Å². The molecular formula is C24H34N2O2. The molecule has 3 fully saturated rings. The van der Waals surface area contributed by atoms with Crippen LogP contribution >= 0.6 is 0 Å². The Morgan fingerprint density at radius 2 is 2.14 bits per heavy atom. The average molecular weight is 383 g/mol. The zero-order chi connectivity index (χ0) is 19.7. The third kappa shape index (κ3) is 3.90. The van der Waals surface area contributed by atoms with E-state index in [0.717, 1.165) is 66.6 Å². The monoisotopic (exact) mass is 382 g/mol. The molecule has 28 heavy (non-hydrogen) atoms. The Hall–Kier alpha value is -1.65. The summed E-state index contributed by atoms with van der Waals surface area (Å²) in [6.07, 6.45) is 6.03. The van der Waals surface area contributed by atoms with Crippen molar-refractivity contribution in [3.8, 4) is 5.75 Å². The van der Waals surface area contributed by atoms with Gasteiger partial charge in [0.1, 0.15) is 5.75 Å². The number of aliphatic hydroxyl groups excluding tert-OH is 1. The smallest absolute Gasteiger partial charge is 0.120 e. The second kappa shape index (κ2) is 8.38. The number of pyridine rings is 1. The van der Waals surface area contributed by atoms with Crippen molar-refractivity contribution >= 4 is 10.9 Å². The lowest BCUT2D eigenvalue weighted by atomic mass is 9.72. The first-order chi connectivity index (χ1) is 13.6. The first-order valence-corrected chi connectivity index (χ1v) is 11.0. The standard InChI is InChI=1S/C24H34N2O2/c1-4-17-15-26-11-8-18(17)13-23(26)24(27)20-7-10-25-22-6-5-19(14-21(20)22)28-12-9-16(2)3/h5-7,10,14,16-18,23-24,27H,4,8-9,11-13,15H2,1-3H3/t17-,18+,23-,24+/m0/s1. The first kappa shape index (κ1) is 19.7. The molecule has 3 saturated heterocycles. The van der Waals surface area contributed by atoms with Crippen LogP contribution in [0.25, 0.3) is 10.9 Å². The maximum Gasteiger partial charge on any atom is 0.120 e. The summed E-state index contributed by atoms with van der Waals surface area (Å²) in [6, 6.07) is 8.27. The van der Waals surface area contributed by atoms with Crippen molar-refractivity contribution in [1.82, 2.24) is 9.88 Å². The molecule has 3 aliphatic heterocycles. The molecule has 152 valence electrons. The Morgan fingerprint density at radius 3 is 2.86 bits per heavy atom. The summed E-state index contributed by atoms with van der Waals surface area (Å²) in [4.78, 5) is 7.03. The largest absolute Gasteiger partial charge is 0.494 e. The van der Waals surface area contributed by atoms with Crippen LogP contribution < -0.4 is 4.74 Å². The van der Waals surface area contributed by atoms with E-state index in [9.17, 15) is 5.11 Å². The SMILES string of the molecule is CC[C@H]1CN2CC[C@@H]1C[C@H]2[C@H](O)c1ccnc2ccc(OCCC(C)C)cc12. The van der Waals surface area contributed by atoms with Crippen molar-refractivity contribution in [3.05, 3.63) is 36.0 Å². The van der Waals surface area contributed by atoms with E-state index in [2.05, 4.69) is 36.7 Å². The molecule has 4 heterocycles. The fraction of sp³-hybridized carbons (Fsp3) is 0.625. The topological polar surface area (TPSA) is 45.6 Å². The maximum atomic E-state index is 11.4. The molecular weight excluding hydrogens is 348 g/mol. The van der Waals surface area contributed by atoms with Crippen LogP contribution in [0.5, 0.6) is 5.75 Å². The summed E-state index contributed by atoms with van der Waals surface area (Å²) in [6.45, 7) is 9.69. The summed E-state index contributed by atoms with van der Waals surface area (Å²) in [5.74, 6) is 3.05. The van der Waals surface area contributed by atoms with Gasteiger partial charge in [-0.2, -0.15) is 0 Å². The molecule has 5 rings (SSSR count). The Morgan fingerprint density at radius 1 is 1.29 bits per heavy atom. The predicted octanol–water partition coefficient (Wildman–Crippen LogP) is 4.81. The molecule has 2 aromatic rings. The maximum absolute atomic E-state index is 11.4. The number of nitrogens with zero attached hydrogens (tertiary/aromatic N) is 2. The van der Waals surface area contributed by atoms with Gasteiger partial charge in [-0.1, -0.05) is 27.2 Å². The second-order valence-electron chi connectivity index (χ2n) is 9.07. The lowest BCUT2D eigenvalue weighted by Crippen LogP contribution is -2.55. The summed E-state index contributed by atoms with van der Waals surface area (Å²) in [5.41, 5.74) is 1.92. The fourth-order valence-electron chi connectivity index (χ4n) is 5.08. The molecule has 1 N–H and O–H groups in total. The lowest BCUT2D eigenvalue weighted by molar-refractivity contribution is -0.0562. The van der Waals surface area contributed by atoms with Crippen LogP contribution in [-0.4, -0.2) is 40.7 Å². The van der Waals surface area contributed by atoms with Gasteiger partial charge in [0.25, 0.3) is 0 Å². The Balaban J connectivity index is 1.57. The van der Waals surface area contributed by atoms with Gasteiger partial charge in [0.15, 0.2) is 0 Å². The molecule has 1 aromatic heterocycles. The van der Waals surface area contributed by atoms with Gasteiger partial charge in [0, 0.05) is 24.2 Å². The highest BCUT2D eigenvalue weighted by atomic mass is 16.5. The van der Waals surface area contributed by atoms with Crippen LogP contribution in [0, 0.1) is 17.8 Å². The van der Waals surface area contributed by atoms with Crippen LogP contribution in [0.3, 0.4) is 0 Å². The summed E-state index contributed by atoms with van der Waals surface area (Å²) in [7, 11) is 0. The van der Waals surface area contributed by atoms with Crippen molar-refractivity contribution in [2.45, 2.75) is 58.6 Å². The molecule has 4 nitrogen and oxygen atoms in total. The van der Waals surface area contributed by atoms with E-state index in [1.807, 2.05) is 24.4 Å². The van der Waals surface area contributed by atoms with Crippen molar-refractivity contribution < 1.29 is 9.84 Å². The zero-order valence-electron chi connectivity index (χ0n) is 17.5. The van der Waals surface area contributed by atoms with E-state index in [1.165, 1.54) is 12.8 Å². The highest BCUT2D eigenvalue weighted by Gasteiger charge is 2.42. The average Bonchev–Trinajstić information content (AvgIpc) is 2.72. The van der Waals surface area contributed by atoms with Crippen LogP contribution in [-0.2, 0) is 0 Å². The number of piperidine rings is 3. The number of aliphatic hydroxyl groups is 1. The summed E-state index contributed by atoms with van der Waals surface area (Å²) >= 11 is 0. The fourth-order valence-corrected chi connectivity index (χ4v) is 5.08. The number of benzene rings is 1. The van der Waals surface area contributed by atoms with Crippen molar-refractivity contribution in [3.63, 3.8) is 0 Å². The molecule has 5 atom stereocenters. The van der Waals surface area contributed by atoms with Gasteiger partial charge >= 0.3 is 0 Å². The van der Waals surface area contributed by atoms with Gasteiger partial charge < -0.3 is 9.84 Å². The summed E-state index contributed by atoms with van der Waals surface area (Å²) in [5, 5.41) is 12.4. The van der Waals surface area contributed by atoms with E-state index in [-0.39, 0.29) is 6.04 Å². The molecule has 3 aliphatic rings. The molecule has 0 radical (unpaired) electrons. The number of hydrogen-bond acceptors (Lipinski definition) is 4. The van der Waals surface area contributed by atoms with Gasteiger partial charge in [-0.15, -0.1) is 0 Å². The van der Waals surface area contributed by atoms with Crippen LogP contribution in [0.4, 0.5) is 0 Å². The van der Waals surface area contributed by atoms with Gasteiger partial charge in [-0.05, 0) is 73.4 Å². The molecule has 1 unspecified atom stereocenters. The molecule has 0 saturated carbocycles. The predicted molar refractivity (Wildman–Crippen MR) is 114 cm³/mol. The quantitative estimate of drug-likeness (QED) is 0.746. The lowest BCUT2D eigenvalue weighted by Gasteiger charge is -2.51. The van der Waals surface area contributed by atoms with E-state index in [4.69, 9.17) is 4.74 Å². The number of rotatable bonds is 7. The second-order valence-corrected chi connectivity index (χ2v) is 9.07. The number of hydrogen-bond donors (Lipinski definition) is 1. The van der Waals surface area contributed by atoms with Crippen LogP contribution in [0.15, 0.2) is 30.5 Å². The highest BCUT2D eigenvalue weighted by Crippen LogP contribution is 2.42. The van der Waals surface area contributed by atoms with Gasteiger partial charge in [-0.3, -0.25) is 9.88 Å². The Kier molecular flexibility index (Phi) is 5.88. The Bertz CT molecular complexity index is 806. The van der Waals surface area contributed by atoms with Crippen molar-refractivity contribution in [2.75, 3.05) is 19.7 Å². The number of fused-ring (bicyclic) bond motifs is 4. The third-order valence-corrected chi connectivity index (χ3v) is 6.85. The minimum atomic E-state index is -0.475. The van der Waals surface area contributed by atoms with E-state index >= 15 is 0 Å². The van der Waals surface area contributed by atoms with Gasteiger partial charge in [0.05, 0.1) is 18.2 Å². The zero-order valence-corrected chi connectivity index (χ0v) is 17.5. The number of ether oxygens (including phenoxy) is 1. The summed E-state index contributed by atoms with van der Waals surface area (Å²) < 4.78 is 5.96. The Labute approximate surface area is 168 Å². The molecule has 0 spiro atoms. The van der Waals surface area contributed by atoms with Gasteiger partial charge in [-0.25, -0.2) is 0 Å². The van der Waals surface area contributed by atoms with E-state index in [1.54, 1.807) is 0 Å². The first-order valence-electron chi connectivity index (χ1n) is 11.0. The van der Waals surface area contributed by atoms with E-state index in [0.29, 0.717) is 5.92 Å². The van der Waals surface area contributed by atoms with Gasteiger partial charge in [0.2, 0.25) is 0 Å². The third-order valence-electron chi connectivity index (χ3n) is 6.85. The molecule has 0 aliphatic carbocycles.